The predicted octanol–water partition coefficient (Wildman–Crippen LogP) is 4.94. The van der Waals surface area contributed by atoms with Crippen LogP contribution in [0.25, 0.3) is 0 Å². The van der Waals surface area contributed by atoms with Crippen LogP contribution in [-0.4, -0.2) is 6.04 Å². The SMILES string of the molecule is CCC(NC(C)CCC(C)(C)C)c1ccccc1. The molecule has 0 fully saturated rings. The van der Waals surface area contributed by atoms with Crippen LogP contribution in [0.1, 0.15) is 65.5 Å². The zero-order valence-corrected chi connectivity index (χ0v) is 12.7. The van der Waals surface area contributed by atoms with Gasteiger partial charge in [-0.15, -0.1) is 0 Å². The molecule has 0 saturated carbocycles. The highest BCUT2D eigenvalue weighted by molar-refractivity contribution is 5.18. The smallest absolute Gasteiger partial charge is 0.0319 e. The van der Waals surface area contributed by atoms with Crippen molar-refractivity contribution >= 4 is 0 Å². The van der Waals surface area contributed by atoms with Gasteiger partial charge in [-0.3, -0.25) is 0 Å². The fraction of sp³-hybridized carbons (Fsp3) is 0.647. The second-order valence-corrected chi connectivity index (χ2v) is 6.54. The van der Waals surface area contributed by atoms with Crippen LogP contribution in [0.15, 0.2) is 30.3 Å². The topological polar surface area (TPSA) is 12.0 Å². The molecule has 0 aromatic heterocycles. The molecule has 2 unspecified atom stereocenters. The number of rotatable bonds is 6. The molecule has 1 N–H and O–H groups in total. The maximum atomic E-state index is 3.76. The van der Waals surface area contributed by atoms with Crippen molar-refractivity contribution < 1.29 is 0 Å². The average Bonchev–Trinajstić information content (AvgIpc) is 2.33. The first-order valence-electron chi connectivity index (χ1n) is 7.23. The molecule has 1 aromatic rings. The Labute approximate surface area is 113 Å². The summed E-state index contributed by atoms with van der Waals surface area (Å²) < 4.78 is 0. The Morgan fingerprint density at radius 1 is 1.11 bits per heavy atom. The zero-order valence-electron chi connectivity index (χ0n) is 12.7. The van der Waals surface area contributed by atoms with Crippen LogP contribution >= 0.6 is 0 Å². The summed E-state index contributed by atoms with van der Waals surface area (Å²) in [6.45, 7) is 11.5. The Morgan fingerprint density at radius 3 is 2.22 bits per heavy atom. The lowest BCUT2D eigenvalue weighted by molar-refractivity contribution is 0.323. The summed E-state index contributed by atoms with van der Waals surface area (Å²) in [5.41, 5.74) is 1.84. The molecule has 1 aromatic carbocycles. The second kappa shape index (κ2) is 6.94. The van der Waals surface area contributed by atoms with E-state index in [9.17, 15) is 0 Å². The average molecular weight is 247 g/mol. The van der Waals surface area contributed by atoms with E-state index in [1.807, 2.05) is 0 Å². The molecule has 1 rings (SSSR count). The lowest BCUT2D eigenvalue weighted by Gasteiger charge is -2.26. The fourth-order valence-electron chi connectivity index (χ4n) is 2.21. The number of benzene rings is 1. The molecule has 18 heavy (non-hydrogen) atoms. The molecular weight excluding hydrogens is 218 g/mol. The highest BCUT2D eigenvalue weighted by Crippen LogP contribution is 2.23. The lowest BCUT2D eigenvalue weighted by atomic mass is 9.88. The molecular formula is C17H29N. The zero-order chi connectivity index (χ0) is 13.6. The van der Waals surface area contributed by atoms with Crippen LogP contribution in [0, 0.1) is 5.41 Å². The van der Waals surface area contributed by atoms with Crippen LogP contribution in [0.2, 0.25) is 0 Å². The molecule has 0 amide bonds. The van der Waals surface area contributed by atoms with Gasteiger partial charge in [0.25, 0.3) is 0 Å². The van der Waals surface area contributed by atoms with Gasteiger partial charge < -0.3 is 5.32 Å². The molecule has 102 valence electrons. The molecule has 0 spiro atoms. The molecule has 0 aliphatic heterocycles. The summed E-state index contributed by atoms with van der Waals surface area (Å²) in [4.78, 5) is 0. The fourth-order valence-corrected chi connectivity index (χ4v) is 2.21. The Hall–Kier alpha value is -0.820. The molecule has 1 nitrogen and oxygen atoms in total. The van der Waals surface area contributed by atoms with E-state index in [2.05, 4.69) is 70.3 Å². The highest BCUT2D eigenvalue weighted by Gasteiger charge is 2.15. The van der Waals surface area contributed by atoms with E-state index in [-0.39, 0.29) is 0 Å². The van der Waals surface area contributed by atoms with Gasteiger partial charge in [-0.05, 0) is 37.2 Å². The molecule has 0 heterocycles. The van der Waals surface area contributed by atoms with Crippen LogP contribution in [0.3, 0.4) is 0 Å². The van der Waals surface area contributed by atoms with Crippen molar-refractivity contribution in [2.75, 3.05) is 0 Å². The lowest BCUT2D eigenvalue weighted by Crippen LogP contribution is -2.31. The molecule has 2 atom stereocenters. The van der Waals surface area contributed by atoms with Gasteiger partial charge in [0.05, 0.1) is 0 Å². The Kier molecular flexibility index (Phi) is 5.87. The molecule has 0 radical (unpaired) electrons. The van der Waals surface area contributed by atoms with Gasteiger partial charge in [-0.2, -0.15) is 0 Å². The van der Waals surface area contributed by atoms with Crippen molar-refractivity contribution in [2.45, 2.75) is 66.0 Å². The molecule has 0 aliphatic carbocycles. The number of hydrogen-bond acceptors (Lipinski definition) is 1. The van der Waals surface area contributed by atoms with Crippen LogP contribution in [-0.2, 0) is 0 Å². The summed E-state index contributed by atoms with van der Waals surface area (Å²) in [5, 5.41) is 3.76. The first kappa shape index (κ1) is 15.2. The number of hydrogen-bond donors (Lipinski definition) is 1. The van der Waals surface area contributed by atoms with E-state index in [0.717, 1.165) is 6.42 Å². The van der Waals surface area contributed by atoms with Gasteiger partial charge in [-0.25, -0.2) is 0 Å². The van der Waals surface area contributed by atoms with Crippen molar-refractivity contribution in [3.8, 4) is 0 Å². The Morgan fingerprint density at radius 2 is 1.72 bits per heavy atom. The normalized spacial score (nSPS) is 15.4. The Balaban J connectivity index is 2.49. The molecule has 0 saturated heterocycles. The molecule has 0 aliphatic rings. The van der Waals surface area contributed by atoms with Gasteiger partial charge in [0.15, 0.2) is 0 Å². The predicted molar refractivity (Wildman–Crippen MR) is 80.8 cm³/mol. The van der Waals surface area contributed by atoms with Gasteiger partial charge in [0.2, 0.25) is 0 Å². The summed E-state index contributed by atoms with van der Waals surface area (Å²) in [6.07, 6.45) is 3.66. The first-order chi connectivity index (χ1) is 8.42. The standard InChI is InChI=1S/C17H29N/c1-6-16(15-10-8-7-9-11-15)18-14(2)12-13-17(3,4)5/h7-11,14,16,18H,6,12-13H2,1-5H3. The second-order valence-electron chi connectivity index (χ2n) is 6.54. The quantitative estimate of drug-likeness (QED) is 0.750. The summed E-state index contributed by atoms with van der Waals surface area (Å²) in [6, 6.07) is 11.8. The van der Waals surface area contributed by atoms with Crippen LogP contribution in [0.5, 0.6) is 0 Å². The summed E-state index contributed by atoms with van der Waals surface area (Å²) in [5.74, 6) is 0. The van der Waals surface area contributed by atoms with E-state index in [4.69, 9.17) is 0 Å². The summed E-state index contributed by atoms with van der Waals surface area (Å²) >= 11 is 0. The van der Waals surface area contributed by atoms with Gasteiger partial charge in [0.1, 0.15) is 0 Å². The van der Waals surface area contributed by atoms with Gasteiger partial charge in [-0.1, -0.05) is 58.0 Å². The largest absolute Gasteiger partial charge is 0.307 e. The third-order valence-electron chi connectivity index (χ3n) is 3.42. The van der Waals surface area contributed by atoms with Crippen molar-refractivity contribution in [1.29, 1.82) is 0 Å². The van der Waals surface area contributed by atoms with Crippen molar-refractivity contribution in [2.24, 2.45) is 5.41 Å². The minimum atomic E-state index is 0.435. The molecule has 1 heteroatoms. The van der Waals surface area contributed by atoms with Crippen molar-refractivity contribution in [1.82, 2.24) is 5.32 Å². The van der Waals surface area contributed by atoms with Gasteiger partial charge in [0, 0.05) is 12.1 Å². The molecule has 0 bridgehead atoms. The maximum Gasteiger partial charge on any atom is 0.0319 e. The van der Waals surface area contributed by atoms with Crippen molar-refractivity contribution in [3.05, 3.63) is 35.9 Å². The maximum absolute atomic E-state index is 3.76. The van der Waals surface area contributed by atoms with E-state index in [1.165, 1.54) is 18.4 Å². The highest BCUT2D eigenvalue weighted by atomic mass is 14.9. The third-order valence-corrected chi connectivity index (χ3v) is 3.42. The minimum Gasteiger partial charge on any atom is -0.307 e. The van der Waals surface area contributed by atoms with E-state index in [1.54, 1.807) is 0 Å². The first-order valence-corrected chi connectivity index (χ1v) is 7.23. The third kappa shape index (κ3) is 5.68. The summed E-state index contributed by atoms with van der Waals surface area (Å²) in [7, 11) is 0. The number of nitrogens with one attached hydrogen (secondary N) is 1. The van der Waals surface area contributed by atoms with E-state index in [0.29, 0.717) is 17.5 Å². The van der Waals surface area contributed by atoms with Gasteiger partial charge >= 0.3 is 0 Å². The van der Waals surface area contributed by atoms with Crippen LogP contribution in [0.4, 0.5) is 0 Å². The monoisotopic (exact) mass is 247 g/mol. The van der Waals surface area contributed by atoms with E-state index < -0.39 is 0 Å². The van der Waals surface area contributed by atoms with Crippen LogP contribution < -0.4 is 5.32 Å². The Bertz CT molecular complexity index is 323. The minimum absolute atomic E-state index is 0.435. The van der Waals surface area contributed by atoms with Crippen molar-refractivity contribution in [3.63, 3.8) is 0 Å². The van der Waals surface area contributed by atoms with E-state index >= 15 is 0 Å².